The predicted molar refractivity (Wildman–Crippen MR) is 153 cm³/mol. The quantitative estimate of drug-likeness (QED) is 0.133. The first-order chi connectivity index (χ1) is 19.4. The minimum Gasteiger partial charge on any atom is -0.507 e. The molecular weight excluding hydrogens is 528 g/mol. The van der Waals surface area contributed by atoms with E-state index in [-0.39, 0.29) is 17.4 Å². The second kappa shape index (κ2) is 10.2. The summed E-state index contributed by atoms with van der Waals surface area (Å²) < 4.78 is 17.6. The van der Waals surface area contributed by atoms with Crippen LogP contribution in [0.15, 0.2) is 78.9 Å². The first-order valence-electron chi connectivity index (χ1n) is 12.8. The lowest BCUT2D eigenvalue weighted by Crippen LogP contribution is -2.29. The Kier molecular flexibility index (Phi) is 6.51. The average Bonchev–Trinajstić information content (AvgIpc) is 3.63. The van der Waals surface area contributed by atoms with E-state index in [0.717, 1.165) is 16.0 Å². The number of thiazole rings is 1. The molecule has 2 atom stereocenters. The number of carbonyl (C=O) groups is 2. The van der Waals surface area contributed by atoms with Crippen molar-refractivity contribution >= 4 is 44.1 Å². The van der Waals surface area contributed by atoms with Crippen LogP contribution in [0.2, 0.25) is 0 Å². The minimum absolute atomic E-state index is 0.00601. The molecule has 0 bridgehead atoms. The van der Waals surface area contributed by atoms with Crippen LogP contribution < -0.4 is 19.1 Å². The van der Waals surface area contributed by atoms with Gasteiger partial charge in [0.2, 0.25) is 0 Å². The third kappa shape index (κ3) is 4.38. The molecule has 1 saturated heterocycles. The maximum atomic E-state index is 13.6. The fourth-order valence-electron chi connectivity index (χ4n) is 5.09. The van der Waals surface area contributed by atoms with Crippen LogP contribution in [0.25, 0.3) is 16.0 Å². The van der Waals surface area contributed by atoms with E-state index in [1.807, 2.05) is 19.1 Å². The van der Waals surface area contributed by atoms with Gasteiger partial charge in [-0.2, -0.15) is 0 Å². The highest BCUT2D eigenvalue weighted by molar-refractivity contribution is 7.22. The van der Waals surface area contributed by atoms with Crippen molar-refractivity contribution in [3.8, 4) is 17.2 Å². The molecule has 6 rings (SSSR count). The lowest BCUT2D eigenvalue weighted by atomic mass is 9.94. The number of benzene rings is 3. The van der Waals surface area contributed by atoms with E-state index < -0.39 is 17.7 Å². The Bertz CT molecular complexity index is 1690. The summed E-state index contributed by atoms with van der Waals surface area (Å²) in [6, 6.07) is 16.9. The van der Waals surface area contributed by atoms with Crippen molar-refractivity contribution in [3.05, 3.63) is 95.6 Å². The summed E-state index contributed by atoms with van der Waals surface area (Å²) in [5.41, 5.74) is 2.67. The van der Waals surface area contributed by atoms with Crippen LogP contribution in [-0.4, -0.2) is 41.6 Å². The van der Waals surface area contributed by atoms with Crippen molar-refractivity contribution in [1.82, 2.24) is 4.98 Å². The number of ether oxygens (including phenoxy) is 3. The molecule has 9 heteroatoms. The molecule has 3 aromatic carbocycles. The van der Waals surface area contributed by atoms with Gasteiger partial charge in [0.1, 0.15) is 35.7 Å². The summed E-state index contributed by atoms with van der Waals surface area (Å²) in [5, 5.41) is 11.9. The van der Waals surface area contributed by atoms with Crippen LogP contribution in [0.5, 0.6) is 17.2 Å². The standard InChI is InChI=1S/C31H26N2O6S/c1-4-13-38-21-8-5-18(6-9-21)27-26(28(34)19-7-12-24-20(15-19)14-17(2)39-24)29(35)30(36)33(27)31-32-23-11-10-22(37-3)16-25(23)40-31/h4-12,15-17,27,34H,1,13-14H2,2-3H3/b28-26+/t17-,27+/m0/s1. The van der Waals surface area contributed by atoms with Crippen molar-refractivity contribution in [3.63, 3.8) is 0 Å². The van der Waals surface area contributed by atoms with Gasteiger partial charge in [-0.15, -0.1) is 0 Å². The summed E-state index contributed by atoms with van der Waals surface area (Å²) in [6.07, 6.45) is 2.36. The Balaban J connectivity index is 1.49. The molecule has 0 unspecified atom stereocenters. The van der Waals surface area contributed by atoms with Crippen molar-refractivity contribution in [2.45, 2.75) is 25.5 Å². The first-order valence-corrected chi connectivity index (χ1v) is 13.6. The molecule has 1 aromatic heterocycles. The Morgan fingerprint density at radius 2 is 1.93 bits per heavy atom. The van der Waals surface area contributed by atoms with E-state index in [2.05, 4.69) is 11.6 Å². The van der Waals surface area contributed by atoms with Crippen molar-refractivity contribution in [1.29, 1.82) is 0 Å². The minimum atomic E-state index is -0.903. The zero-order valence-corrected chi connectivity index (χ0v) is 22.7. The second-order valence-electron chi connectivity index (χ2n) is 9.62. The number of hydrogen-bond donors (Lipinski definition) is 1. The van der Waals surface area contributed by atoms with Crippen molar-refractivity contribution in [2.24, 2.45) is 0 Å². The zero-order valence-electron chi connectivity index (χ0n) is 21.9. The van der Waals surface area contributed by atoms with Gasteiger partial charge in [-0.3, -0.25) is 14.5 Å². The Morgan fingerprint density at radius 1 is 1.15 bits per heavy atom. The number of anilines is 1. The normalized spacial score (nSPS) is 19.5. The summed E-state index contributed by atoms with van der Waals surface area (Å²) in [4.78, 5) is 33.2. The van der Waals surface area contributed by atoms with Crippen LogP contribution in [0.4, 0.5) is 5.13 Å². The van der Waals surface area contributed by atoms with E-state index in [1.54, 1.807) is 61.7 Å². The largest absolute Gasteiger partial charge is 0.507 e. The molecule has 1 N–H and O–H groups in total. The fraction of sp³-hybridized carbons (Fsp3) is 0.194. The van der Waals surface area contributed by atoms with Gasteiger partial charge in [0.25, 0.3) is 5.78 Å². The Labute approximate surface area is 234 Å². The van der Waals surface area contributed by atoms with Crippen LogP contribution in [0.1, 0.15) is 29.7 Å². The molecule has 2 aliphatic heterocycles. The topological polar surface area (TPSA) is 98.2 Å². The molecule has 0 aliphatic carbocycles. The molecule has 0 saturated carbocycles. The number of aliphatic hydroxyl groups excluding tert-OH is 1. The Hall–Kier alpha value is -4.63. The van der Waals surface area contributed by atoms with Gasteiger partial charge < -0.3 is 19.3 Å². The van der Waals surface area contributed by atoms with Crippen LogP contribution in [0, 0.1) is 0 Å². The number of nitrogens with zero attached hydrogens (tertiary/aromatic N) is 2. The van der Waals surface area contributed by atoms with Gasteiger partial charge in [0.15, 0.2) is 5.13 Å². The number of methoxy groups -OCH3 is 1. The van der Waals surface area contributed by atoms with Gasteiger partial charge >= 0.3 is 5.91 Å². The number of carbonyl (C=O) groups excluding carboxylic acids is 2. The molecule has 4 aromatic rings. The molecule has 0 radical (unpaired) electrons. The van der Waals surface area contributed by atoms with Crippen molar-refractivity contribution < 1.29 is 28.9 Å². The molecule has 1 fully saturated rings. The molecule has 0 spiro atoms. The van der Waals surface area contributed by atoms with E-state index in [1.165, 1.54) is 16.2 Å². The third-order valence-electron chi connectivity index (χ3n) is 6.97. The van der Waals surface area contributed by atoms with E-state index in [4.69, 9.17) is 14.2 Å². The smallest absolute Gasteiger partial charge is 0.301 e. The summed E-state index contributed by atoms with van der Waals surface area (Å²) in [6.45, 7) is 5.98. The maximum Gasteiger partial charge on any atom is 0.301 e. The average molecular weight is 555 g/mol. The molecule has 40 heavy (non-hydrogen) atoms. The third-order valence-corrected chi connectivity index (χ3v) is 7.99. The highest BCUT2D eigenvalue weighted by Crippen LogP contribution is 2.45. The monoisotopic (exact) mass is 554 g/mol. The summed E-state index contributed by atoms with van der Waals surface area (Å²) in [5.74, 6) is 0.231. The molecule has 1 amide bonds. The van der Waals surface area contributed by atoms with E-state index >= 15 is 0 Å². The molecule has 3 heterocycles. The number of amides is 1. The summed E-state index contributed by atoms with van der Waals surface area (Å²) in [7, 11) is 1.58. The SMILES string of the molecule is C=CCOc1ccc([C@@H]2/C(=C(\O)c3ccc4c(c3)C[C@H](C)O4)C(=O)C(=O)N2c2nc3ccc(OC)cc3s2)cc1. The number of rotatable bonds is 7. The maximum absolute atomic E-state index is 13.6. The fourth-order valence-corrected chi connectivity index (χ4v) is 6.12. The lowest BCUT2D eigenvalue weighted by molar-refractivity contribution is -0.132. The van der Waals surface area contributed by atoms with E-state index in [9.17, 15) is 14.7 Å². The van der Waals surface area contributed by atoms with Gasteiger partial charge in [0, 0.05) is 12.0 Å². The molecule has 202 valence electrons. The Morgan fingerprint density at radius 3 is 2.67 bits per heavy atom. The number of Topliss-reactive ketones (excluding diaryl/α,β-unsaturated/α-hetero) is 1. The summed E-state index contributed by atoms with van der Waals surface area (Å²) >= 11 is 1.27. The molecule has 2 aliphatic rings. The van der Waals surface area contributed by atoms with Crippen LogP contribution in [0.3, 0.4) is 0 Å². The molecular formula is C31H26N2O6S. The highest BCUT2D eigenvalue weighted by atomic mass is 32.1. The number of hydrogen-bond acceptors (Lipinski definition) is 8. The van der Waals surface area contributed by atoms with Gasteiger partial charge in [-0.1, -0.05) is 36.1 Å². The van der Waals surface area contributed by atoms with Crippen LogP contribution >= 0.6 is 11.3 Å². The van der Waals surface area contributed by atoms with Gasteiger partial charge in [-0.25, -0.2) is 4.98 Å². The second-order valence-corrected chi connectivity index (χ2v) is 10.6. The lowest BCUT2D eigenvalue weighted by Gasteiger charge is -2.23. The first kappa shape index (κ1) is 25.6. The molecule has 8 nitrogen and oxygen atoms in total. The van der Waals surface area contributed by atoms with Gasteiger partial charge in [-0.05, 0) is 66.6 Å². The van der Waals surface area contributed by atoms with Crippen molar-refractivity contribution in [2.75, 3.05) is 18.6 Å². The number of aromatic nitrogens is 1. The van der Waals surface area contributed by atoms with Crippen LogP contribution in [-0.2, 0) is 16.0 Å². The van der Waals surface area contributed by atoms with E-state index in [0.29, 0.717) is 46.3 Å². The number of fused-ring (bicyclic) bond motifs is 2. The number of ketones is 1. The van der Waals surface area contributed by atoms with Gasteiger partial charge in [0.05, 0.1) is 28.9 Å². The highest BCUT2D eigenvalue weighted by Gasteiger charge is 2.48. The zero-order chi connectivity index (χ0) is 28.0. The predicted octanol–water partition coefficient (Wildman–Crippen LogP) is 5.82. The number of aliphatic hydroxyl groups is 1.